The zero-order valence-electron chi connectivity index (χ0n) is 12.3. The van der Waals surface area contributed by atoms with Gasteiger partial charge in [-0.15, -0.1) is 0 Å². The van der Waals surface area contributed by atoms with Gasteiger partial charge in [-0.3, -0.25) is 9.69 Å². The van der Waals surface area contributed by atoms with Gasteiger partial charge in [-0.25, -0.2) is 9.97 Å². The topological polar surface area (TPSA) is 84.1 Å². The Hall–Kier alpha value is -1.69. The third-order valence-electron chi connectivity index (χ3n) is 3.99. The SMILES string of the molecule is C[C@@H]1CC[C@@H](C)N1[C@H](C)C(=O)NCc1nccc(N)n1. The summed E-state index contributed by atoms with van der Waals surface area (Å²) in [5.74, 6) is 0.962. The average molecular weight is 277 g/mol. The number of aromatic nitrogens is 2. The van der Waals surface area contributed by atoms with Gasteiger partial charge in [0, 0.05) is 18.3 Å². The molecule has 3 atom stereocenters. The summed E-state index contributed by atoms with van der Waals surface area (Å²) in [4.78, 5) is 22.7. The molecule has 2 rings (SSSR count). The van der Waals surface area contributed by atoms with E-state index in [1.807, 2.05) is 6.92 Å². The molecular weight excluding hydrogens is 254 g/mol. The second-order valence-electron chi connectivity index (χ2n) is 5.51. The summed E-state index contributed by atoms with van der Waals surface area (Å²) >= 11 is 0. The van der Waals surface area contributed by atoms with Crippen molar-refractivity contribution in [2.24, 2.45) is 0 Å². The third kappa shape index (κ3) is 3.25. The number of amides is 1. The fraction of sp³-hybridized carbons (Fsp3) is 0.643. The number of anilines is 1. The standard InChI is InChI=1S/C14H23N5O/c1-9-4-5-10(2)19(9)11(3)14(20)17-8-13-16-7-6-12(15)18-13/h6-7,9-11H,4-5,8H2,1-3H3,(H,17,20)(H2,15,16,18)/t9-,10-,11-/m1/s1. The molecule has 110 valence electrons. The fourth-order valence-corrected chi connectivity index (χ4v) is 2.93. The lowest BCUT2D eigenvalue weighted by Crippen LogP contribution is -2.49. The van der Waals surface area contributed by atoms with Crippen molar-refractivity contribution in [1.29, 1.82) is 0 Å². The number of likely N-dealkylation sites (tertiary alicyclic amines) is 1. The van der Waals surface area contributed by atoms with Crippen LogP contribution < -0.4 is 11.1 Å². The van der Waals surface area contributed by atoms with Crippen LogP contribution in [0.5, 0.6) is 0 Å². The van der Waals surface area contributed by atoms with Crippen LogP contribution in [0.4, 0.5) is 5.82 Å². The molecular formula is C14H23N5O. The fourth-order valence-electron chi connectivity index (χ4n) is 2.93. The highest BCUT2D eigenvalue weighted by molar-refractivity contribution is 5.81. The predicted molar refractivity (Wildman–Crippen MR) is 77.8 cm³/mol. The Morgan fingerprint density at radius 3 is 2.75 bits per heavy atom. The van der Waals surface area contributed by atoms with Crippen molar-refractivity contribution >= 4 is 11.7 Å². The minimum Gasteiger partial charge on any atom is -0.384 e. The van der Waals surface area contributed by atoms with E-state index in [0.717, 1.165) is 12.8 Å². The zero-order valence-corrected chi connectivity index (χ0v) is 12.3. The van der Waals surface area contributed by atoms with Crippen molar-refractivity contribution in [3.63, 3.8) is 0 Å². The first-order chi connectivity index (χ1) is 9.49. The molecule has 6 heteroatoms. The van der Waals surface area contributed by atoms with E-state index in [9.17, 15) is 4.79 Å². The van der Waals surface area contributed by atoms with Crippen LogP contribution in [0.1, 0.15) is 39.4 Å². The van der Waals surface area contributed by atoms with Gasteiger partial charge in [0.05, 0.1) is 12.6 Å². The van der Waals surface area contributed by atoms with Crippen LogP contribution in [-0.4, -0.2) is 38.9 Å². The first-order valence-electron chi connectivity index (χ1n) is 7.11. The van der Waals surface area contributed by atoms with E-state index in [4.69, 9.17) is 5.73 Å². The van der Waals surface area contributed by atoms with E-state index in [1.54, 1.807) is 12.3 Å². The molecule has 0 aliphatic carbocycles. The van der Waals surface area contributed by atoms with Gasteiger partial charge in [0.25, 0.3) is 0 Å². The Kier molecular flexibility index (Phi) is 4.54. The molecule has 2 heterocycles. The van der Waals surface area contributed by atoms with Gasteiger partial charge in [0.1, 0.15) is 11.6 Å². The van der Waals surface area contributed by atoms with Crippen LogP contribution in [0.25, 0.3) is 0 Å². The van der Waals surface area contributed by atoms with Crippen LogP contribution in [0, 0.1) is 0 Å². The Morgan fingerprint density at radius 1 is 1.50 bits per heavy atom. The van der Waals surface area contributed by atoms with E-state index in [0.29, 0.717) is 30.3 Å². The Balaban J connectivity index is 1.91. The van der Waals surface area contributed by atoms with Gasteiger partial charge in [-0.05, 0) is 39.7 Å². The Bertz CT molecular complexity index is 468. The molecule has 0 bridgehead atoms. The summed E-state index contributed by atoms with van der Waals surface area (Å²) in [7, 11) is 0. The molecule has 1 aromatic rings. The van der Waals surface area contributed by atoms with Gasteiger partial charge in [-0.2, -0.15) is 0 Å². The van der Waals surface area contributed by atoms with E-state index >= 15 is 0 Å². The summed E-state index contributed by atoms with van der Waals surface area (Å²) in [6.07, 6.45) is 3.89. The quantitative estimate of drug-likeness (QED) is 0.855. The maximum atomic E-state index is 12.2. The average Bonchev–Trinajstić information content (AvgIpc) is 2.75. The summed E-state index contributed by atoms with van der Waals surface area (Å²) in [5, 5.41) is 2.88. The summed E-state index contributed by atoms with van der Waals surface area (Å²) < 4.78 is 0. The number of carbonyl (C=O) groups excluding carboxylic acids is 1. The van der Waals surface area contributed by atoms with Gasteiger partial charge < -0.3 is 11.1 Å². The molecule has 3 N–H and O–H groups in total. The number of carbonyl (C=O) groups is 1. The molecule has 1 fully saturated rings. The van der Waals surface area contributed by atoms with Crippen LogP contribution in [0.2, 0.25) is 0 Å². The number of rotatable bonds is 4. The Morgan fingerprint density at radius 2 is 2.15 bits per heavy atom. The van der Waals surface area contributed by atoms with Gasteiger partial charge in [-0.1, -0.05) is 0 Å². The monoisotopic (exact) mass is 277 g/mol. The largest absolute Gasteiger partial charge is 0.384 e. The van der Waals surface area contributed by atoms with E-state index in [-0.39, 0.29) is 11.9 Å². The van der Waals surface area contributed by atoms with Crippen molar-refractivity contribution in [3.8, 4) is 0 Å². The van der Waals surface area contributed by atoms with Crippen LogP contribution in [0.3, 0.4) is 0 Å². The first kappa shape index (κ1) is 14.7. The maximum Gasteiger partial charge on any atom is 0.237 e. The molecule has 6 nitrogen and oxygen atoms in total. The lowest BCUT2D eigenvalue weighted by molar-refractivity contribution is -0.127. The smallest absolute Gasteiger partial charge is 0.237 e. The third-order valence-corrected chi connectivity index (χ3v) is 3.99. The van der Waals surface area contributed by atoms with Crippen LogP contribution >= 0.6 is 0 Å². The molecule has 0 spiro atoms. The number of nitrogens with two attached hydrogens (primary N) is 1. The molecule has 1 aliphatic rings. The van der Waals surface area contributed by atoms with Crippen molar-refractivity contribution in [2.75, 3.05) is 5.73 Å². The van der Waals surface area contributed by atoms with Crippen molar-refractivity contribution in [1.82, 2.24) is 20.2 Å². The van der Waals surface area contributed by atoms with Crippen LogP contribution in [0.15, 0.2) is 12.3 Å². The second-order valence-corrected chi connectivity index (χ2v) is 5.51. The molecule has 1 aliphatic heterocycles. The number of nitrogens with one attached hydrogen (secondary N) is 1. The lowest BCUT2D eigenvalue weighted by atomic mass is 10.2. The number of nitrogen functional groups attached to an aromatic ring is 1. The van der Waals surface area contributed by atoms with Crippen molar-refractivity contribution in [2.45, 2.75) is 58.3 Å². The van der Waals surface area contributed by atoms with E-state index in [1.165, 1.54) is 0 Å². The molecule has 0 unspecified atom stereocenters. The normalized spacial score (nSPS) is 24.6. The highest BCUT2D eigenvalue weighted by Gasteiger charge is 2.34. The molecule has 0 saturated carbocycles. The lowest BCUT2D eigenvalue weighted by Gasteiger charge is -2.31. The van der Waals surface area contributed by atoms with E-state index < -0.39 is 0 Å². The predicted octanol–water partition coefficient (Wildman–Crippen LogP) is 0.936. The highest BCUT2D eigenvalue weighted by atomic mass is 16.2. The Labute approximate surface area is 119 Å². The minimum absolute atomic E-state index is 0.0108. The van der Waals surface area contributed by atoms with Crippen LogP contribution in [-0.2, 0) is 11.3 Å². The number of hydrogen-bond donors (Lipinski definition) is 2. The zero-order chi connectivity index (χ0) is 14.7. The molecule has 20 heavy (non-hydrogen) atoms. The maximum absolute atomic E-state index is 12.2. The van der Waals surface area contributed by atoms with Gasteiger partial charge in [0.2, 0.25) is 5.91 Å². The highest BCUT2D eigenvalue weighted by Crippen LogP contribution is 2.25. The van der Waals surface area contributed by atoms with Gasteiger partial charge in [0.15, 0.2) is 0 Å². The first-order valence-corrected chi connectivity index (χ1v) is 7.11. The molecule has 0 radical (unpaired) electrons. The summed E-state index contributed by atoms with van der Waals surface area (Å²) in [5.41, 5.74) is 5.59. The molecule has 1 saturated heterocycles. The summed E-state index contributed by atoms with van der Waals surface area (Å²) in [6.45, 7) is 6.61. The van der Waals surface area contributed by atoms with Gasteiger partial charge >= 0.3 is 0 Å². The molecule has 0 aromatic carbocycles. The van der Waals surface area contributed by atoms with Crippen molar-refractivity contribution in [3.05, 3.63) is 18.1 Å². The minimum atomic E-state index is -0.136. The number of nitrogens with zero attached hydrogens (tertiary/aromatic N) is 3. The second kappa shape index (κ2) is 6.17. The van der Waals surface area contributed by atoms with E-state index in [2.05, 4.69) is 34.0 Å². The van der Waals surface area contributed by atoms with Crippen molar-refractivity contribution < 1.29 is 4.79 Å². The summed E-state index contributed by atoms with van der Waals surface area (Å²) in [6, 6.07) is 2.40. The molecule has 1 amide bonds. The molecule has 1 aromatic heterocycles. The number of hydrogen-bond acceptors (Lipinski definition) is 5.